The van der Waals surface area contributed by atoms with Gasteiger partial charge in [0, 0.05) is 81.7 Å². The molecule has 0 unspecified atom stereocenters. The zero-order valence-electron chi connectivity index (χ0n) is 40.3. The van der Waals surface area contributed by atoms with Gasteiger partial charge >= 0.3 is 20.4 Å². The number of hydrogen-bond acceptors (Lipinski definition) is 8. The third-order valence-electron chi connectivity index (χ3n) is 9.34. The summed E-state index contributed by atoms with van der Waals surface area (Å²) in [6.45, 7) is 15.3. The maximum absolute atomic E-state index is 9.00. The fourth-order valence-corrected chi connectivity index (χ4v) is 6.15. The first-order valence-electron chi connectivity index (χ1n) is 21.5. The van der Waals surface area contributed by atoms with Gasteiger partial charge in [-0.15, -0.1) is 53.8 Å². The first-order chi connectivity index (χ1) is 32.4. The Morgan fingerprint density at radius 2 is 0.900 bits per heavy atom. The fraction of sp³-hybridized carbons (Fsp3) is 0.172. The number of ether oxygens (including phenoxy) is 2. The molecule has 0 radical (unpaired) electrons. The van der Waals surface area contributed by atoms with Crippen molar-refractivity contribution in [3.8, 4) is 80.9 Å². The third-order valence-corrected chi connectivity index (χ3v) is 9.34. The van der Waals surface area contributed by atoms with Crippen LogP contribution in [0.2, 0.25) is 0 Å². The van der Waals surface area contributed by atoms with E-state index < -0.39 is 11.9 Å². The zero-order chi connectivity index (χ0) is 49.7. The van der Waals surface area contributed by atoms with Crippen LogP contribution >= 0.6 is 0 Å². The number of carboxylic acid groups (broad SMARTS) is 2. The topological polar surface area (TPSA) is 145 Å². The molecular weight excluding hydrogens is 1060 g/mol. The van der Waals surface area contributed by atoms with Gasteiger partial charge in [-0.2, -0.15) is 0 Å². The molecule has 364 valence electrons. The molecule has 0 bridgehead atoms. The molecule has 0 aliphatic carbocycles. The first kappa shape index (κ1) is 59.0. The van der Waals surface area contributed by atoms with Crippen LogP contribution in [0.5, 0.6) is 23.0 Å². The molecule has 0 saturated carbocycles. The molecule has 0 amide bonds. The van der Waals surface area contributed by atoms with Crippen LogP contribution < -0.4 is 9.47 Å². The minimum atomic E-state index is -0.833. The second-order valence-electron chi connectivity index (χ2n) is 17.0. The molecule has 0 saturated heterocycles. The van der Waals surface area contributed by atoms with Crippen molar-refractivity contribution in [1.29, 1.82) is 0 Å². The molecule has 2 N–H and O–H groups in total. The van der Waals surface area contributed by atoms with Gasteiger partial charge in [0.2, 0.25) is 0 Å². The largest absolute Gasteiger partial charge is 2.00 e. The summed E-state index contributed by atoms with van der Waals surface area (Å²) in [6.07, 6.45) is 15.2. The van der Waals surface area contributed by atoms with Crippen LogP contribution in [-0.4, -0.2) is 42.1 Å². The Bertz CT molecular complexity index is 2650. The Kier molecular flexibility index (Phi) is 24.5. The average molecular weight is 1120 g/mol. The van der Waals surface area contributed by atoms with Gasteiger partial charge in [0.25, 0.3) is 11.9 Å². The Balaban J connectivity index is 0.000000394. The average Bonchev–Trinajstić information content (AvgIpc) is 3.33. The van der Waals surface area contributed by atoms with Crippen LogP contribution in [0.1, 0.15) is 66.5 Å². The first-order valence-corrected chi connectivity index (χ1v) is 21.5. The van der Waals surface area contributed by atoms with E-state index in [9.17, 15) is 0 Å². The molecule has 0 aliphatic rings. The molecule has 4 heterocycles. The summed E-state index contributed by atoms with van der Waals surface area (Å²) in [4.78, 5) is 35.8. The zero-order valence-corrected chi connectivity index (χ0v) is 43.4. The molecule has 0 fully saturated rings. The number of aliphatic carboxylic acids is 2. The number of benzene rings is 4. The van der Waals surface area contributed by atoms with Crippen LogP contribution in [0.3, 0.4) is 0 Å². The van der Waals surface area contributed by atoms with Gasteiger partial charge in [0.15, 0.2) is 0 Å². The minimum absolute atomic E-state index is 0. The molecule has 0 aliphatic heterocycles. The predicted molar refractivity (Wildman–Crippen MR) is 270 cm³/mol. The smallest absolute Gasteiger partial charge is 0.497 e. The van der Waals surface area contributed by atoms with E-state index in [0.717, 1.165) is 75.9 Å². The van der Waals surface area contributed by atoms with Gasteiger partial charge in [-0.25, -0.2) is 0 Å². The summed E-state index contributed by atoms with van der Waals surface area (Å²) in [5.74, 6) is 1.19. The number of pyridine rings is 4. The van der Waals surface area contributed by atoms with E-state index in [0.29, 0.717) is 11.5 Å². The van der Waals surface area contributed by atoms with Crippen molar-refractivity contribution in [3.63, 3.8) is 0 Å². The monoisotopic (exact) mass is 1120 g/mol. The van der Waals surface area contributed by atoms with Crippen molar-refractivity contribution in [1.82, 2.24) is 19.9 Å². The summed E-state index contributed by atoms with van der Waals surface area (Å²) >= 11 is 0. The summed E-state index contributed by atoms with van der Waals surface area (Å²) in [7, 11) is 0. The van der Waals surface area contributed by atoms with Crippen LogP contribution in [0, 0.1) is 25.0 Å². The van der Waals surface area contributed by atoms with Crippen molar-refractivity contribution in [2.24, 2.45) is 0 Å². The summed E-state index contributed by atoms with van der Waals surface area (Å²) < 4.78 is 12.5. The van der Waals surface area contributed by atoms with E-state index in [2.05, 4.69) is 105 Å². The SMILES string of the molecule is C#C.CC(=O)O.CC(=O)O.CC(C)(C)c1cc(Oc2[c-]c(-c3ccccn3)ccc2)[c-]c(-c2ccccn2)c1.CC(C)(C)c1cc(Oc2cccc(-c3ccccn3)c2)cc(-c2ccccn2)c1.[Pd+2].[Pd]. The Morgan fingerprint density at radius 1 is 0.471 bits per heavy atom. The van der Waals surface area contributed by atoms with E-state index in [1.807, 2.05) is 134 Å². The van der Waals surface area contributed by atoms with Crippen LogP contribution in [-0.2, 0) is 61.3 Å². The molecule has 8 aromatic rings. The van der Waals surface area contributed by atoms with E-state index in [1.165, 1.54) is 5.56 Å². The summed E-state index contributed by atoms with van der Waals surface area (Å²) in [5.41, 5.74) is 9.80. The maximum Gasteiger partial charge on any atom is 2.00 e. The number of nitrogens with zero attached hydrogens (tertiary/aromatic N) is 4. The summed E-state index contributed by atoms with van der Waals surface area (Å²) in [6, 6.07) is 54.6. The van der Waals surface area contributed by atoms with Gasteiger partial charge in [0.05, 0.1) is 11.4 Å². The van der Waals surface area contributed by atoms with Gasteiger partial charge < -0.3 is 29.7 Å². The molecule has 4 aromatic heterocycles. The van der Waals surface area contributed by atoms with Crippen molar-refractivity contribution in [2.45, 2.75) is 66.2 Å². The number of carbonyl (C=O) groups is 2. The molecule has 12 heteroatoms. The number of hydrogen-bond donors (Lipinski definition) is 2. The van der Waals surface area contributed by atoms with Crippen molar-refractivity contribution >= 4 is 11.9 Å². The maximum atomic E-state index is 9.00. The van der Waals surface area contributed by atoms with Gasteiger partial charge in [-0.3, -0.25) is 19.6 Å². The number of aromatic nitrogens is 4. The van der Waals surface area contributed by atoms with Gasteiger partial charge in [-0.05, 0) is 94.5 Å². The Hall–Kier alpha value is -7.10. The quantitative estimate of drug-likeness (QED) is 0.0857. The van der Waals surface area contributed by atoms with Crippen LogP contribution in [0.15, 0.2) is 170 Å². The molecule has 70 heavy (non-hydrogen) atoms. The van der Waals surface area contributed by atoms with Crippen LogP contribution in [0.25, 0.3) is 45.0 Å². The number of carboxylic acids is 2. The minimum Gasteiger partial charge on any atom is -0.497 e. The number of terminal acetylenes is 1. The van der Waals surface area contributed by atoms with Crippen LogP contribution in [0.4, 0.5) is 0 Å². The second kappa shape index (κ2) is 29.1. The van der Waals surface area contributed by atoms with Gasteiger partial charge in [-0.1, -0.05) is 108 Å². The van der Waals surface area contributed by atoms with Crippen molar-refractivity contribution in [2.75, 3.05) is 0 Å². The third kappa shape index (κ3) is 19.9. The molecular formula is C58H56N4O6Pd2. The molecule has 10 nitrogen and oxygen atoms in total. The number of rotatable bonds is 8. The van der Waals surface area contributed by atoms with Gasteiger partial charge in [0.1, 0.15) is 11.5 Å². The van der Waals surface area contributed by atoms with E-state index in [-0.39, 0.29) is 51.7 Å². The normalized spacial score (nSPS) is 10.1. The van der Waals surface area contributed by atoms with E-state index >= 15 is 0 Å². The summed E-state index contributed by atoms with van der Waals surface area (Å²) in [5, 5.41) is 14.8. The molecule has 4 aromatic carbocycles. The molecule has 8 rings (SSSR count). The van der Waals surface area contributed by atoms with Crippen molar-refractivity contribution in [3.05, 3.63) is 194 Å². The van der Waals surface area contributed by atoms with E-state index in [1.54, 1.807) is 18.6 Å². The molecule has 0 spiro atoms. The Labute approximate surface area is 440 Å². The van der Waals surface area contributed by atoms with E-state index in [4.69, 9.17) is 29.3 Å². The fourth-order valence-electron chi connectivity index (χ4n) is 6.15. The standard InChI is InChI=1S/C26H24N2O.C26H22N2O.2C2H4O2.C2H2.2Pd/c2*1-26(2,3)21-15-20(25-12-5-7-14-28-25)17-23(18-21)29-22-10-8-9-19(16-22)24-11-4-6-13-27-24;2*1-2(3)4;1-2;;/h4-18H,1-3H3;4-15,18H,1-3H3;2*1H3,(H,3,4);1-2H;;/q;-2;;;;;+2. The Morgan fingerprint density at radius 3 is 1.39 bits per heavy atom. The van der Waals surface area contributed by atoms with Crippen molar-refractivity contribution < 1.29 is 70.1 Å². The second-order valence-corrected chi connectivity index (χ2v) is 17.0. The molecule has 0 atom stereocenters. The predicted octanol–water partition coefficient (Wildman–Crippen LogP) is 13.8.